The molecule has 2 heterocycles. The van der Waals surface area contributed by atoms with E-state index in [-0.39, 0.29) is 0 Å². The SMILES string of the molecule is COCCOCCCOc1nc(N)cn2ccnc12. The first kappa shape index (κ1) is 13.6. The van der Waals surface area contributed by atoms with Crippen molar-refractivity contribution in [2.45, 2.75) is 6.42 Å². The molecule has 7 nitrogen and oxygen atoms in total. The van der Waals surface area contributed by atoms with Crippen molar-refractivity contribution in [2.75, 3.05) is 39.3 Å². The van der Waals surface area contributed by atoms with Gasteiger partial charge in [0, 0.05) is 32.5 Å². The quantitative estimate of drug-likeness (QED) is 0.710. The number of methoxy groups -OCH3 is 1. The lowest BCUT2D eigenvalue weighted by Crippen LogP contribution is -2.08. The van der Waals surface area contributed by atoms with E-state index >= 15 is 0 Å². The molecule has 0 aliphatic heterocycles. The number of aromatic nitrogens is 3. The lowest BCUT2D eigenvalue weighted by Gasteiger charge is -2.07. The largest absolute Gasteiger partial charge is 0.475 e. The van der Waals surface area contributed by atoms with Crippen LogP contribution in [0.25, 0.3) is 5.65 Å². The summed E-state index contributed by atoms with van der Waals surface area (Å²) in [6, 6.07) is 0. The molecule has 0 saturated heterocycles. The van der Waals surface area contributed by atoms with Crippen LogP contribution in [0.3, 0.4) is 0 Å². The molecule has 0 aliphatic carbocycles. The standard InChI is InChI=1S/C12H18N4O3/c1-17-7-8-18-5-2-6-19-12-11-14-3-4-16(11)9-10(13)15-12/h3-4,9H,2,5-8,13H2,1H3. The van der Waals surface area contributed by atoms with Crippen molar-refractivity contribution < 1.29 is 14.2 Å². The van der Waals surface area contributed by atoms with E-state index in [4.69, 9.17) is 19.9 Å². The van der Waals surface area contributed by atoms with Crippen molar-refractivity contribution in [3.05, 3.63) is 18.6 Å². The van der Waals surface area contributed by atoms with E-state index in [0.29, 0.717) is 43.8 Å². The van der Waals surface area contributed by atoms with Crippen LogP contribution < -0.4 is 10.5 Å². The van der Waals surface area contributed by atoms with Crippen LogP contribution >= 0.6 is 0 Å². The minimum absolute atomic E-state index is 0.400. The lowest BCUT2D eigenvalue weighted by molar-refractivity contribution is 0.0642. The monoisotopic (exact) mass is 266 g/mol. The zero-order valence-corrected chi connectivity index (χ0v) is 10.9. The molecule has 0 unspecified atom stereocenters. The van der Waals surface area contributed by atoms with Crippen molar-refractivity contribution in [1.29, 1.82) is 0 Å². The second-order valence-electron chi connectivity index (χ2n) is 3.94. The first-order valence-corrected chi connectivity index (χ1v) is 6.10. The second-order valence-corrected chi connectivity index (χ2v) is 3.94. The highest BCUT2D eigenvalue weighted by atomic mass is 16.5. The van der Waals surface area contributed by atoms with Gasteiger partial charge in [-0.3, -0.25) is 4.40 Å². The maximum atomic E-state index is 5.69. The average molecular weight is 266 g/mol. The van der Waals surface area contributed by atoms with Crippen LogP contribution in [0.2, 0.25) is 0 Å². The van der Waals surface area contributed by atoms with Crippen LogP contribution in [0.15, 0.2) is 18.6 Å². The van der Waals surface area contributed by atoms with Gasteiger partial charge in [0.05, 0.1) is 26.0 Å². The van der Waals surface area contributed by atoms with Gasteiger partial charge in [0.15, 0.2) is 0 Å². The molecular weight excluding hydrogens is 248 g/mol. The Balaban J connectivity index is 1.79. The number of hydrogen-bond donors (Lipinski definition) is 1. The molecule has 104 valence electrons. The molecular formula is C12H18N4O3. The molecule has 0 fully saturated rings. The summed E-state index contributed by atoms with van der Waals surface area (Å²) >= 11 is 0. The summed E-state index contributed by atoms with van der Waals surface area (Å²) in [5.41, 5.74) is 6.35. The maximum absolute atomic E-state index is 5.69. The Bertz CT molecular complexity index is 515. The third-order valence-corrected chi connectivity index (χ3v) is 2.47. The predicted molar refractivity (Wildman–Crippen MR) is 70.2 cm³/mol. The Morgan fingerprint density at radius 3 is 3.00 bits per heavy atom. The van der Waals surface area contributed by atoms with Gasteiger partial charge < -0.3 is 19.9 Å². The van der Waals surface area contributed by atoms with E-state index in [1.165, 1.54) is 0 Å². The zero-order valence-electron chi connectivity index (χ0n) is 10.9. The number of imidazole rings is 1. The summed E-state index contributed by atoms with van der Waals surface area (Å²) < 4.78 is 17.6. The van der Waals surface area contributed by atoms with Crippen LogP contribution in [-0.2, 0) is 9.47 Å². The van der Waals surface area contributed by atoms with Crippen LogP contribution in [0.5, 0.6) is 5.88 Å². The number of fused-ring (bicyclic) bond motifs is 1. The van der Waals surface area contributed by atoms with Crippen LogP contribution in [0.4, 0.5) is 5.82 Å². The molecule has 0 amide bonds. The smallest absolute Gasteiger partial charge is 0.260 e. The molecule has 0 spiro atoms. The first-order valence-electron chi connectivity index (χ1n) is 6.10. The summed E-state index contributed by atoms with van der Waals surface area (Å²) in [5, 5.41) is 0. The summed E-state index contributed by atoms with van der Waals surface area (Å²) in [6.07, 6.45) is 5.95. The van der Waals surface area contributed by atoms with Gasteiger partial charge in [-0.15, -0.1) is 0 Å². The number of nitrogen functional groups attached to an aromatic ring is 1. The number of hydrogen-bond acceptors (Lipinski definition) is 6. The Labute approximate surface area is 111 Å². The topological polar surface area (TPSA) is 83.9 Å². The Hall–Kier alpha value is -1.86. The van der Waals surface area contributed by atoms with Gasteiger partial charge in [-0.1, -0.05) is 0 Å². The lowest BCUT2D eigenvalue weighted by atomic mass is 10.5. The molecule has 7 heteroatoms. The van der Waals surface area contributed by atoms with Gasteiger partial charge in [0.2, 0.25) is 5.65 Å². The van der Waals surface area contributed by atoms with Crippen molar-refractivity contribution >= 4 is 11.5 Å². The normalized spacial score (nSPS) is 11.0. The van der Waals surface area contributed by atoms with E-state index in [9.17, 15) is 0 Å². The summed E-state index contributed by atoms with van der Waals surface area (Å²) in [4.78, 5) is 8.30. The highest BCUT2D eigenvalue weighted by Gasteiger charge is 2.06. The minimum Gasteiger partial charge on any atom is -0.475 e. The summed E-state index contributed by atoms with van der Waals surface area (Å²) in [5.74, 6) is 0.846. The average Bonchev–Trinajstić information content (AvgIpc) is 2.85. The van der Waals surface area contributed by atoms with Crippen molar-refractivity contribution in [3.8, 4) is 5.88 Å². The number of nitrogens with two attached hydrogens (primary N) is 1. The van der Waals surface area contributed by atoms with Crippen molar-refractivity contribution in [3.63, 3.8) is 0 Å². The fourth-order valence-electron chi connectivity index (χ4n) is 1.59. The molecule has 19 heavy (non-hydrogen) atoms. The highest BCUT2D eigenvalue weighted by Crippen LogP contribution is 2.16. The minimum atomic E-state index is 0.400. The molecule has 2 aromatic rings. The van der Waals surface area contributed by atoms with Crippen molar-refractivity contribution in [1.82, 2.24) is 14.4 Å². The predicted octanol–water partition coefficient (Wildman–Crippen LogP) is 0.743. The van der Waals surface area contributed by atoms with E-state index in [0.717, 1.165) is 6.42 Å². The number of anilines is 1. The van der Waals surface area contributed by atoms with E-state index in [2.05, 4.69) is 9.97 Å². The molecule has 2 N–H and O–H groups in total. The van der Waals surface area contributed by atoms with Crippen molar-refractivity contribution in [2.24, 2.45) is 0 Å². The third-order valence-electron chi connectivity index (χ3n) is 2.47. The molecule has 0 radical (unpaired) electrons. The molecule has 0 bridgehead atoms. The number of rotatable bonds is 8. The summed E-state index contributed by atoms with van der Waals surface area (Å²) in [7, 11) is 1.65. The van der Waals surface area contributed by atoms with Crippen LogP contribution in [0, 0.1) is 0 Å². The van der Waals surface area contributed by atoms with Gasteiger partial charge in [-0.05, 0) is 0 Å². The molecule has 2 rings (SSSR count). The third kappa shape index (κ3) is 3.80. The molecule has 0 aromatic carbocycles. The van der Waals surface area contributed by atoms with E-state index in [1.807, 2.05) is 0 Å². The Kier molecular flexibility index (Phi) is 4.93. The fourth-order valence-corrected chi connectivity index (χ4v) is 1.59. The molecule has 0 saturated carbocycles. The molecule has 0 atom stereocenters. The first-order chi connectivity index (χ1) is 9.31. The van der Waals surface area contributed by atoms with Crippen LogP contribution in [-0.4, -0.2) is 47.9 Å². The van der Waals surface area contributed by atoms with E-state index in [1.54, 1.807) is 30.1 Å². The van der Waals surface area contributed by atoms with Gasteiger partial charge in [0.1, 0.15) is 5.82 Å². The number of ether oxygens (including phenoxy) is 3. The fraction of sp³-hybridized carbons (Fsp3) is 0.500. The van der Waals surface area contributed by atoms with Gasteiger partial charge in [-0.2, -0.15) is 4.98 Å². The molecule has 0 aliphatic rings. The van der Waals surface area contributed by atoms with Gasteiger partial charge in [0.25, 0.3) is 5.88 Å². The second kappa shape index (κ2) is 6.91. The maximum Gasteiger partial charge on any atom is 0.260 e. The Morgan fingerprint density at radius 2 is 2.16 bits per heavy atom. The van der Waals surface area contributed by atoms with Crippen LogP contribution in [0.1, 0.15) is 6.42 Å². The van der Waals surface area contributed by atoms with E-state index < -0.39 is 0 Å². The molecule has 2 aromatic heterocycles. The Morgan fingerprint density at radius 1 is 1.26 bits per heavy atom. The van der Waals surface area contributed by atoms with Gasteiger partial charge in [-0.25, -0.2) is 4.98 Å². The highest BCUT2D eigenvalue weighted by molar-refractivity contribution is 5.52. The van der Waals surface area contributed by atoms with Gasteiger partial charge >= 0.3 is 0 Å². The summed E-state index contributed by atoms with van der Waals surface area (Å²) in [6.45, 7) is 2.33. The zero-order chi connectivity index (χ0) is 13.5. The number of nitrogens with zero attached hydrogens (tertiary/aromatic N) is 3.